The van der Waals surface area contributed by atoms with Gasteiger partial charge >= 0.3 is 0 Å². The van der Waals surface area contributed by atoms with E-state index in [0.29, 0.717) is 11.8 Å². The van der Waals surface area contributed by atoms with Gasteiger partial charge in [-0.15, -0.1) is 0 Å². The van der Waals surface area contributed by atoms with Crippen molar-refractivity contribution in [3.05, 3.63) is 201 Å². The lowest BCUT2D eigenvalue weighted by Gasteiger charge is -2.13. The maximum absolute atomic E-state index is 6.04. The molecular weight excluding hydrogens is 775 g/mol. The van der Waals surface area contributed by atoms with Crippen LogP contribution in [0.1, 0.15) is 0 Å². The minimum Gasteiger partial charge on any atom is -0.454 e. The van der Waals surface area contributed by atoms with Gasteiger partial charge in [-0.3, -0.25) is 14.1 Å². The van der Waals surface area contributed by atoms with E-state index in [0.717, 1.165) is 105 Å². The Morgan fingerprint density at radius 2 is 0.984 bits per heavy atom. The van der Waals surface area contributed by atoms with Gasteiger partial charge in [0.25, 0.3) is 0 Å². The molecule has 0 amide bonds. The van der Waals surface area contributed by atoms with Crippen molar-refractivity contribution >= 4 is 65.7 Å². The SMILES string of the molecule is c1ccc(-c2cc(-c3ccccc3)nc(-n3c4ccccc4c4cc(-c5ccc6c(c5)c5ccccc5n6-c5ncnc(-c6ccc7oc8cccnc8c7c6)n5)ccc43)c2)cc1. The Hall–Kier alpha value is -8.75. The first-order chi connectivity index (χ1) is 31.2. The molecule has 0 fully saturated rings. The van der Waals surface area contributed by atoms with Crippen LogP contribution in [0.4, 0.5) is 0 Å². The molecule has 0 bridgehead atoms. The first kappa shape index (κ1) is 35.0. The molecule has 0 spiro atoms. The molecule has 7 aromatic carbocycles. The predicted octanol–water partition coefficient (Wildman–Crippen LogP) is 13.4. The molecule has 0 aliphatic heterocycles. The molecule has 0 saturated carbocycles. The fourth-order valence-corrected chi connectivity index (χ4v) is 9.22. The topological polar surface area (TPSA) is 87.5 Å². The third-order valence-electron chi connectivity index (χ3n) is 12.1. The van der Waals surface area contributed by atoms with Gasteiger partial charge in [0.15, 0.2) is 11.4 Å². The number of fused-ring (bicyclic) bond motifs is 9. The molecule has 8 nitrogen and oxygen atoms in total. The Kier molecular flexibility index (Phi) is 7.74. The van der Waals surface area contributed by atoms with Gasteiger partial charge in [-0.05, 0) is 101 Å². The average Bonchev–Trinajstić information content (AvgIpc) is 4.01. The average molecular weight is 808 g/mol. The maximum atomic E-state index is 6.04. The first-order valence-electron chi connectivity index (χ1n) is 20.9. The Labute approximate surface area is 360 Å². The summed E-state index contributed by atoms with van der Waals surface area (Å²) in [5.74, 6) is 1.99. The molecule has 6 heterocycles. The van der Waals surface area contributed by atoms with Crippen LogP contribution in [0.15, 0.2) is 205 Å². The van der Waals surface area contributed by atoms with Crippen LogP contribution in [0.5, 0.6) is 0 Å². The van der Waals surface area contributed by atoms with E-state index < -0.39 is 0 Å². The highest BCUT2D eigenvalue weighted by Crippen LogP contribution is 2.39. The van der Waals surface area contributed by atoms with Crippen LogP contribution in [0.3, 0.4) is 0 Å². The lowest BCUT2D eigenvalue weighted by molar-refractivity contribution is 0.668. The summed E-state index contributed by atoms with van der Waals surface area (Å²) in [6.07, 6.45) is 3.37. The van der Waals surface area contributed by atoms with Crippen molar-refractivity contribution in [3.63, 3.8) is 0 Å². The summed E-state index contributed by atoms with van der Waals surface area (Å²) in [6, 6.07) is 65.7. The summed E-state index contributed by atoms with van der Waals surface area (Å²) >= 11 is 0. The normalized spacial score (nSPS) is 11.8. The molecule has 13 rings (SSSR count). The smallest absolute Gasteiger partial charge is 0.238 e. The van der Waals surface area contributed by atoms with Crippen molar-refractivity contribution < 1.29 is 4.42 Å². The summed E-state index contributed by atoms with van der Waals surface area (Å²) in [7, 11) is 0. The molecule has 0 aliphatic carbocycles. The van der Waals surface area contributed by atoms with Crippen molar-refractivity contribution in [1.29, 1.82) is 0 Å². The Morgan fingerprint density at radius 3 is 1.73 bits per heavy atom. The van der Waals surface area contributed by atoms with E-state index in [4.69, 9.17) is 19.4 Å². The van der Waals surface area contributed by atoms with Crippen LogP contribution >= 0.6 is 0 Å². The summed E-state index contributed by atoms with van der Waals surface area (Å²) in [6.45, 7) is 0. The Bertz CT molecular complexity index is 3870. The number of para-hydroxylation sites is 2. The van der Waals surface area contributed by atoms with Gasteiger partial charge in [0.2, 0.25) is 5.95 Å². The highest BCUT2D eigenvalue weighted by molar-refractivity contribution is 6.12. The molecular formula is C55H33N7O. The standard InChI is InChI=1S/C55H33N7O/c1-3-12-34(13-4-1)39-31-45(35-14-5-2-6-15-35)59-52(32-39)61-46-18-9-7-16-40(46)42-28-36(21-24-48(42)61)37-22-25-49-43(29-37)41-17-8-10-19-47(41)62(49)55-58-33-57-54(60-55)38-23-26-50-44(30-38)53-51(63-50)20-11-27-56-53/h1-33H. The second kappa shape index (κ2) is 13.9. The molecule has 13 aromatic rings. The largest absolute Gasteiger partial charge is 0.454 e. The molecule has 0 aliphatic rings. The van der Waals surface area contributed by atoms with E-state index in [2.05, 4.69) is 171 Å². The Balaban J connectivity index is 0.938. The molecule has 294 valence electrons. The van der Waals surface area contributed by atoms with E-state index in [9.17, 15) is 0 Å². The molecule has 6 aromatic heterocycles. The number of hydrogen-bond acceptors (Lipinski definition) is 6. The maximum Gasteiger partial charge on any atom is 0.238 e. The number of furan rings is 1. The third-order valence-corrected chi connectivity index (χ3v) is 12.1. The molecule has 0 atom stereocenters. The van der Waals surface area contributed by atoms with E-state index in [1.807, 2.05) is 36.4 Å². The van der Waals surface area contributed by atoms with E-state index >= 15 is 0 Å². The highest BCUT2D eigenvalue weighted by atomic mass is 16.3. The molecule has 0 saturated heterocycles. The zero-order valence-electron chi connectivity index (χ0n) is 33.6. The van der Waals surface area contributed by atoms with Crippen LogP contribution in [-0.4, -0.2) is 34.1 Å². The monoisotopic (exact) mass is 807 g/mol. The van der Waals surface area contributed by atoms with Crippen molar-refractivity contribution in [3.8, 4) is 56.7 Å². The van der Waals surface area contributed by atoms with E-state index in [-0.39, 0.29) is 0 Å². The number of pyridine rings is 2. The van der Waals surface area contributed by atoms with Crippen LogP contribution in [-0.2, 0) is 0 Å². The second-order valence-corrected chi connectivity index (χ2v) is 15.8. The van der Waals surface area contributed by atoms with Gasteiger partial charge < -0.3 is 4.42 Å². The van der Waals surface area contributed by atoms with Crippen LogP contribution in [0.25, 0.3) is 122 Å². The van der Waals surface area contributed by atoms with Crippen molar-refractivity contribution in [1.82, 2.24) is 34.1 Å². The highest BCUT2D eigenvalue weighted by Gasteiger charge is 2.20. The van der Waals surface area contributed by atoms with Gasteiger partial charge in [0, 0.05) is 44.3 Å². The number of aromatic nitrogens is 7. The molecule has 8 heteroatoms. The first-order valence-corrected chi connectivity index (χ1v) is 20.9. The minimum atomic E-state index is 0.545. The predicted molar refractivity (Wildman–Crippen MR) is 253 cm³/mol. The Morgan fingerprint density at radius 1 is 0.365 bits per heavy atom. The van der Waals surface area contributed by atoms with E-state index in [1.54, 1.807) is 12.5 Å². The van der Waals surface area contributed by atoms with Crippen LogP contribution < -0.4 is 0 Å². The summed E-state index contributed by atoms with van der Waals surface area (Å²) < 4.78 is 10.5. The van der Waals surface area contributed by atoms with Crippen molar-refractivity contribution in [2.45, 2.75) is 0 Å². The van der Waals surface area contributed by atoms with E-state index in [1.165, 1.54) is 5.39 Å². The fourth-order valence-electron chi connectivity index (χ4n) is 9.22. The molecule has 63 heavy (non-hydrogen) atoms. The molecule has 0 unspecified atom stereocenters. The zero-order chi connectivity index (χ0) is 41.4. The summed E-state index contributed by atoms with van der Waals surface area (Å²) in [5, 5.41) is 5.48. The lowest BCUT2D eigenvalue weighted by Crippen LogP contribution is -2.03. The number of nitrogens with zero attached hydrogens (tertiary/aromatic N) is 7. The van der Waals surface area contributed by atoms with Crippen LogP contribution in [0, 0.1) is 0 Å². The lowest BCUT2D eigenvalue weighted by atomic mass is 10.0. The van der Waals surface area contributed by atoms with Crippen LogP contribution in [0.2, 0.25) is 0 Å². The fraction of sp³-hybridized carbons (Fsp3) is 0. The van der Waals surface area contributed by atoms with Gasteiger partial charge in [0.1, 0.15) is 23.2 Å². The van der Waals surface area contributed by atoms with Gasteiger partial charge in [-0.25, -0.2) is 15.0 Å². The van der Waals surface area contributed by atoms with Gasteiger partial charge in [0.05, 0.1) is 27.8 Å². The molecule has 0 radical (unpaired) electrons. The zero-order valence-corrected chi connectivity index (χ0v) is 33.6. The van der Waals surface area contributed by atoms with Crippen molar-refractivity contribution in [2.75, 3.05) is 0 Å². The number of hydrogen-bond donors (Lipinski definition) is 0. The number of benzene rings is 7. The molecule has 0 N–H and O–H groups in total. The van der Waals surface area contributed by atoms with Gasteiger partial charge in [-0.1, -0.05) is 109 Å². The quantitative estimate of drug-likeness (QED) is 0.166. The third kappa shape index (κ3) is 5.66. The van der Waals surface area contributed by atoms with Crippen molar-refractivity contribution in [2.24, 2.45) is 0 Å². The summed E-state index contributed by atoms with van der Waals surface area (Å²) in [5.41, 5.74) is 13.9. The minimum absolute atomic E-state index is 0.545. The van der Waals surface area contributed by atoms with Gasteiger partial charge in [-0.2, -0.15) is 4.98 Å². The number of rotatable bonds is 6. The second-order valence-electron chi connectivity index (χ2n) is 15.8. The summed E-state index contributed by atoms with van der Waals surface area (Å²) in [4.78, 5) is 24.3.